The number of hydrogen-bond acceptors (Lipinski definition) is 4. The number of nitrogens with zero attached hydrogens (tertiary/aromatic N) is 1. The molecule has 0 spiro atoms. The molecule has 2 aromatic heterocycles. The van der Waals surface area contributed by atoms with E-state index in [4.69, 9.17) is 9.15 Å². The Balaban J connectivity index is 1.56. The molecule has 6 rings (SSSR count). The van der Waals surface area contributed by atoms with Gasteiger partial charge in [0.15, 0.2) is 5.43 Å². The van der Waals surface area contributed by atoms with Crippen molar-refractivity contribution in [3.8, 4) is 5.75 Å². The van der Waals surface area contributed by atoms with Gasteiger partial charge in [-0.05, 0) is 41.5 Å². The standard InChI is InChI=1S/C28H22N2O4/c1-33-18-10-11-25-20(12-18)28(32)22(16-34-25)19-13-26(31)29-23-8-5-9-24-27(23)21(19)15-30(24)14-17-6-3-2-4-7-17/h2-12,15-16,19H,13-14H2,1H3,(H,29,31)/t19-/m1/s1. The topological polar surface area (TPSA) is 73.5 Å². The number of rotatable bonds is 4. The van der Waals surface area contributed by atoms with E-state index in [1.54, 1.807) is 25.3 Å². The number of hydrogen-bond donors (Lipinski definition) is 1. The minimum Gasteiger partial charge on any atom is -0.497 e. The lowest BCUT2D eigenvalue weighted by molar-refractivity contribution is -0.116. The van der Waals surface area contributed by atoms with Crippen LogP contribution in [0.1, 0.15) is 29.0 Å². The second-order valence-corrected chi connectivity index (χ2v) is 8.58. The zero-order valence-electron chi connectivity index (χ0n) is 18.6. The van der Waals surface area contributed by atoms with Gasteiger partial charge in [-0.1, -0.05) is 36.4 Å². The number of carbonyl (C=O) groups excluding carboxylic acids is 1. The smallest absolute Gasteiger partial charge is 0.225 e. The number of benzene rings is 3. The summed E-state index contributed by atoms with van der Waals surface area (Å²) in [7, 11) is 1.56. The van der Waals surface area contributed by atoms with Crippen LogP contribution in [0.3, 0.4) is 0 Å². The van der Waals surface area contributed by atoms with E-state index >= 15 is 0 Å². The molecule has 34 heavy (non-hydrogen) atoms. The van der Waals surface area contributed by atoms with Gasteiger partial charge in [0.25, 0.3) is 0 Å². The van der Waals surface area contributed by atoms with E-state index in [1.165, 1.54) is 11.8 Å². The average molecular weight is 450 g/mol. The molecule has 0 saturated heterocycles. The average Bonchev–Trinajstić information content (AvgIpc) is 3.15. The number of aromatic nitrogens is 1. The molecule has 0 aliphatic carbocycles. The second-order valence-electron chi connectivity index (χ2n) is 8.58. The highest BCUT2D eigenvalue weighted by Gasteiger charge is 2.30. The summed E-state index contributed by atoms with van der Waals surface area (Å²) < 4.78 is 13.3. The Kier molecular flexibility index (Phi) is 4.73. The maximum Gasteiger partial charge on any atom is 0.225 e. The maximum atomic E-state index is 13.6. The van der Waals surface area contributed by atoms with Crippen molar-refractivity contribution in [2.24, 2.45) is 0 Å². The third-order valence-corrected chi connectivity index (χ3v) is 6.55. The molecule has 5 aromatic rings. The first kappa shape index (κ1) is 20.3. The Morgan fingerprint density at radius 3 is 2.71 bits per heavy atom. The fraction of sp³-hybridized carbons (Fsp3) is 0.143. The van der Waals surface area contributed by atoms with Gasteiger partial charge in [-0.15, -0.1) is 0 Å². The summed E-state index contributed by atoms with van der Waals surface area (Å²) in [4.78, 5) is 26.4. The Morgan fingerprint density at radius 2 is 1.88 bits per heavy atom. The summed E-state index contributed by atoms with van der Waals surface area (Å²) in [6.07, 6.45) is 3.73. The van der Waals surface area contributed by atoms with Gasteiger partial charge in [-0.3, -0.25) is 9.59 Å². The molecule has 1 aliphatic rings. The summed E-state index contributed by atoms with van der Waals surface area (Å²) >= 11 is 0. The van der Waals surface area contributed by atoms with Gasteiger partial charge < -0.3 is 19.0 Å². The summed E-state index contributed by atoms with van der Waals surface area (Å²) in [5.41, 5.74) is 4.68. The first-order valence-corrected chi connectivity index (χ1v) is 11.2. The molecular formula is C28H22N2O4. The highest BCUT2D eigenvalue weighted by Crippen LogP contribution is 2.40. The highest BCUT2D eigenvalue weighted by molar-refractivity contribution is 6.06. The van der Waals surface area contributed by atoms with Crippen LogP contribution < -0.4 is 15.5 Å². The molecule has 1 atom stereocenters. The minimum absolute atomic E-state index is 0.131. The Bertz CT molecular complexity index is 1610. The fourth-order valence-electron chi connectivity index (χ4n) is 4.93. The molecule has 6 nitrogen and oxygen atoms in total. The predicted molar refractivity (Wildman–Crippen MR) is 132 cm³/mol. The quantitative estimate of drug-likeness (QED) is 0.404. The van der Waals surface area contributed by atoms with E-state index in [2.05, 4.69) is 28.2 Å². The van der Waals surface area contributed by atoms with Crippen LogP contribution in [-0.2, 0) is 11.3 Å². The van der Waals surface area contributed by atoms with Crippen LogP contribution in [0.15, 0.2) is 88.4 Å². The number of nitrogens with one attached hydrogen (secondary N) is 1. The van der Waals surface area contributed by atoms with Crippen molar-refractivity contribution in [2.75, 3.05) is 12.4 Å². The van der Waals surface area contributed by atoms with Crippen LogP contribution in [0.2, 0.25) is 0 Å². The molecule has 1 N–H and O–H groups in total. The van der Waals surface area contributed by atoms with Gasteiger partial charge in [0.1, 0.15) is 11.3 Å². The number of ether oxygens (including phenoxy) is 1. The second kappa shape index (κ2) is 7.92. The molecule has 0 fully saturated rings. The summed E-state index contributed by atoms with van der Waals surface area (Å²) in [6, 6.07) is 21.3. The van der Waals surface area contributed by atoms with Crippen LogP contribution in [0, 0.1) is 0 Å². The van der Waals surface area contributed by atoms with E-state index < -0.39 is 5.92 Å². The van der Waals surface area contributed by atoms with Crippen LogP contribution >= 0.6 is 0 Å². The van der Waals surface area contributed by atoms with E-state index in [1.807, 2.05) is 36.4 Å². The Labute approximate surface area is 195 Å². The van der Waals surface area contributed by atoms with Crippen LogP contribution in [-0.4, -0.2) is 17.6 Å². The van der Waals surface area contributed by atoms with Crippen LogP contribution in [0.4, 0.5) is 5.69 Å². The first-order chi connectivity index (χ1) is 16.6. The molecule has 1 amide bonds. The van der Waals surface area contributed by atoms with Crippen molar-refractivity contribution in [1.82, 2.24) is 4.57 Å². The van der Waals surface area contributed by atoms with Crippen molar-refractivity contribution >= 4 is 33.5 Å². The molecule has 3 aromatic carbocycles. The summed E-state index contributed by atoms with van der Waals surface area (Å²) in [6.45, 7) is 0.686. The van der Waals surface area contributed by atoms with Crippen molar-refractivity contribution in [3.05, 3.63) is 106 Å². The van der Waals surface area contributed by atoms with Gasteiger partial charge in [0.05, 0.1) is 30.0 Å². The van der Waals surface area contributed by atoms with Gasteiger partial charge in [0, 0.05) is 36.0 Å². The van der Waals surface area contributed by atoms with E-state index in [9.17, 15) is 9.59 Å². The lowest BCUT2D eigenvalue weighted by atomic mass is 9.89. The SMILES string of the molecule is COc1ccc2occ([C@@H]3CC(=O)Nc4cccc5c4c3cn5Cc3ccccc3)c(=O)c2c1. The van der Waals surface area contributed by atoms with Gasteiger partial charge in [-0.25, -0.2) is 0 Å². The van der Waals surface area contributed by atoms with Crippen molar-refractivity contribution in [2.45, 2.75) is 18.9 Å². The summed E-state index contributed by atoms with van der Waals surface area (Å²) in [5, 5.41) is 4.43. The largest absolute Gasteiger partial charge is 0.497 e. The fourth-order valence-corrected chi connectivity index (χ4v) is 4.93. The van der Waals surface area contributed by atoms with Crippen LogP contribution in [0.5, 0.6) is 5.75 Å². The molecule has 0 bridgehead atoms. The number of carbonyl (C=O) groups is 1. The minimum atomic E-state index is -0.435. The summed E-state index contributed by atoms with van der Waals surface area (Å²) in [5.74, 6) is 0.0146. The first-order valence-electron chi connectivity index (χ1n) is 11.2. The Morgan fingerprint density at radius 1 is 1.03 bits per heavy atom. The van der Waals surface area contributed by atoms with E-state index in [-0.39, 0.29) is 17.8 Å². The molecular weight excluding hydrogens is 428 g/mol. The lowest BCUT2D eigenvalue weighted by Crippen LogP contribution is -2.19. The zero-order valence-corrected chi connectivity index (χ0v) is 18.6. The van der Waals surface area contributed by atoms with Crippen molar-refractivity contribution < 1.29 is 13.9 Å². The molecule has 0 radical (unpaired) electrons. The van der Waals surface area contributed by atoms with E-state index in [0.29, 0.717) is 28.8 Å². The third kappa shape index (κ3) is 3.27. The highest BCUT2D eigenvalue weighted by atomic mass is 16.5. The number of methoxy groups -OCH3 is 1. The monoisotopic (exact) mass is 450 g/mol. The van der Waals surface area contributed by atoms with Gasteiger partial charge >= 0.3 is 0 Å². The van der Waals surface area contributed by atoms with Crippen molar-refractivity contribution in [1.29, 1.82) is 0 Å². The molecule has 0 unspecified atom stereocenters. The van der Waals surface area contributed by atoms with Gasteiger partial charge in [-0.2, -0.15) is 0 Å². The molecule has 168 valence electrons. The van der Waals surface area contributed by atoms with E-state index in [0.717, 1.165) is 22.2 Å². The zero-order chi connectivity index (χ0) is 23.2. The lowest BCUT2D eigenvalue weighted by Gasteiger charge is -2.14. The molecule has 0 saturated carbocycles. The maximum absolute atomic E-state index is 13.6. The molecule has 1 aliphatic heterocycles. The number of anilines is 1. The normalized spacial score (nSPS) is 15.3. The molecule has 6 heteroatoms. The van der Waals surface area contributed by atoms with Crippen LogP contribution in [0.25, 0.3) is 21.9 Å². The number of amides is 1. The van der Waals surface area contributed by atoms with Crippen molar-refractivity contribution in [3.63, 3.8) is 0 Å². The number of fused-ring (bicyclic) bond motifs is 1. The predicted octanol–water partition coefficient (Wildman–Crippen LogP) is 5.28. The van der Waals surface area contributed by atoms with Gasteiger partial charge in [0.2, 0.25) is 5.91 Å². The molecule has 3 heterocycles. The third-order valence-electron chi connectivity index (χ3n) is 6.55. The Hall–Kier alpha value is -4.32.